The van der Waals surface area contributed by atoms with Crippen LogP contribution >= 0.6 is 0 Å². The van der Waals surface area contributed by atoms with Crippen LogP contribution in [0.4, 0.5) is 4.39 Å². The maximum atomic E-state index is 13.3. The maximum Gasteiger partial charge on any atom is 0.251 e. The Labute approximate surface area is 129 Å². The van der Waals surface area contributed by atoms with Crippen molar-refractivity contribution < 1.29 is 18.7 Å². The summed E-state index contributed by atoms with van der Waals surface area (Å²) in [6.07, 6.45) is 0.821. The molecule has 1 aromatic carbocycles. The van der Waals surface area contributed by atoms with E-state index in [-0.39, 0.29) is 23.9 Å². The maximum absolute atomic E-state index is 13.3. The molecule has 2 N–H and O–H groups in total. The number of nitrogens with two attached hydrogens (primary N) is 1. The Bertz CT molecular complexity index is 540. The fraction of sp³-hybridized carbons (Fsp3) is 0.562. The molecule has 6 heteroatoms. The number of halogens is 1. The van der Waals surface area contributed by atoms with Gasteiger partial charge in [0.25, 0.3) is 5.91 Å². The summed E-state index contributed by atoms with van der Waals surface area (Å²) >= 11 is 0. The van der Waals surface area contributed by atoms with E-state index in [4.69, 9.17) is 15.2 Å². The highest BCUT2D eigenvalue weighted by molar-refractivity contribution is 5.81. The lowest BCUT2D eigenvalue weighted by atomic mass is 10.1. The Balaban J connectivity index is 1.64. The van der Waals surface area contributed by atoms with Crippen molar-refractivity contribution in [2.45, 2.75) is 31.2 Å². The van der Waals surface area contributed by atoms with Crippen LogP contribution in [0, 0.1) is 5.82 Å². The van der Waals surface area contributed by atoms with Gasteiger partial charge in [-0.25, -0.2) is 4.39 Å². The van der Waals surface area contributed by atoms with Gasteiger partial charge in [0.1, 0.15) is 18.0 Å². The first-order chi connectivity index (χ1) is 10.7. The smallest absolute Gasteiger partial charge is 0.251 e. The highest BCUT2D eigenvalue weighted by Gasteiger charge is 2.35. The minimum Gasteiger partial charge on any atom is -0.370 e. The second-order valence-electron chi connectivity index (χ2n) is 5.76. The molecule has 1 amide bonds. The Morgan fingerprint density at radius 2 is 2.27 bits per heavy atom. The SMILES string of the molecule is NC[C@H]1CC[C@@H](C(=O)N2CCOC(c3cccc(F)c3)C2)O1. The zero-order chi connectivity index (χ0) is 15.5. The monoisotopic (exact) mass is 308 g/mol. The minimum atomic E-state index is -0.403. The Hall–Kier alpha value is -1.50. The molecule has 1 unspecified atom stereocenters. The Kier molecular flexibility index (Phi) is 4.71. The number of hydrogen-bond acceptors (Lipinski definition) is 4. The van der Waals surface area contributed by atoms with E-state index in [2.05, 4.69) is 0 Å². The van der Waals surface area contributed by atoms with E-state index < -0.39 is 6.10 Å². The number of hydrogen-bond donors (Lipinski definition) is 1. The second-order valence-corrected chi connectivity index (χ2v) is 5.76. The van der Waals surface area contributed by atoms with E-state index in [0.29, 0.717) is 32.7 Å². The number of ether oxygens (including phenoxy) is 2. The van der Waals surface area contributed by atoms with Crippen molar-refractivity contribution >= 4 is 5.91 Å². The topological polar surface area (TPSA) is 64.8 Å². The van der Waals surface area contributed by atoms with Gasteiger partial charge in [-0.15, -0.1) is 0 Å². The second kappa shape index (κ2) is 6.73. The molecule has 0 spiro atoms. The summed E-state index contributed by atoms with van der Waals surface area (Å²) in [5, 5.41) is 0. The average Bonchev–Trinajstić information content (AvgIpc) is 3.03. The van der Waals surface area contributed by atoms with Crippen molar-refractivity contribution in [2.75, 3.05) is 26.2 Å². The molecule has 2 aliphatic rings. The molecule has 2 aliphatic heterocycles. The molecule has 5 nitrogen and oxygen atoms in total. The fourth-order valence-electron chi connectivity index (χ4n) is 3.02. The van der Waals surface area contributed by atoms with Crippen molar-refractivity contribution in [3.8, 4) is 0 Å². The van der Waals surface area contributed by atoms with Crippen LogP contribution in [0.5, 0.6) is 0 Å². The van der Waals surface area contributed by atoms with Gasteiger partial charge in [-0.05, 0) is 30.5 Å². The lowest BCUT2D eigenvalue weighted by Gasteiger charge is -2.34. The van der Waals surface area contributed by atoms with Crippen LogP contribution in [0.3, 0.4) is 0 Å². The number of benzene rings is 1. The van der Waals surface area contributed by atoms with Crippen LogP contribution in [-0.2, 0) is 14.3 Å². The van der Waals surface area contributed by atoms with Gasteiger partial charge in [0, 0.05) is 13.1 Å². The molecule has 3 rings (SSSR count). The molecule has 1 aromatic rings. The number of amides is 1. The van der Waals surface area contributed by atoms with Gasteiger partial charge in [0.15, 0.2) is 0 Å². The van der Waals surface area contributed by atoms with Gasteiger partial charge in [-0.3, -0.25) is 4.79 Å². The normalized spacial score (nSPS) is 28.8. The largest absolute Gasteiger partial charge is 0.370 e. The van der Waals surface area contributed by atoms with Crippen LogP contribution < -0.4 is 5.73 Å². The number of carbonyl (C=O) groups excluding carboxylic acids is 1. The number of morpholine rings is 1. The van der Waals surface area contributed by atoms with E-state index in [1.807, 2.05) is 6.07 Å². The van der Waals surface area contributed by atoms with Crippen molar-refractivity contribution in [3.63, 3.8) is 0 Å². The lowest BCUT2D eigenvalue weighted by Crippen LogP contribution is -2.46. The summed E-state index contributed by atoms with van der Waals surface area (Å²) in [6, 6.07) is 6.32. The average molecular weight is 308 g/mol. The molecule has 0 radical (unpaired) electrons. The fourth-order valence-corrected chi connectivity index (χ4v) is 3.02. The number of nitrogens with zero attached hydrogens (tertiary/aromatic N) is 1. The third-order valence-corrected chi connectivity index (χ3v) is 4.24. The molecule has 2 saturated heterocycles. The molecule has 120 valence electrons. The van der Waals surface area contributed by atoms with Gasteiger partial charge in [-0.1, -0.05) is 12.1 Å². The lowest BCUT2D eigenvalue weighted by molar-refractivity contribution is -0.150. The van der Waals surface area contributed by atoms with Crippen molar-refractivity contribution in [3.05, 3.63) is 35.6 Å². The minimum absolute atomic E-state index is 0.0133. The third kappa shape index (κ3) is 3.29. The Morgan fingerprint density at radius 3 is 3.00 bits per heavy atom. The van der Waals surface area contributed by atoms with Crippen molar-refractivity contribution in [2.24, 2.45) is 5.73 Å². The first-order valence-electron chi connectivity index (χ1n) is 7.68. The molecule has 2 heterocycles. The number of rotatable bonds is 3. The Morgan fingerprint density at radius 1 is 1.41 bits per heavy atom. The summed E-state index contributed by atoms with van der Waals surface area (Å²) in [7, 11) is 0. The van der Waals surface area contributed by atoms with E-state index in [1.54, 1.807) is 11.0 Å². The van der Waals surface area contributed by atoms with Gasteiger partial charge in [-0.2, -0.15) is 0 Å². The van der Waals surface area contributed by atoms with E-state index in [9.17, 15) is 9.18 Å². The number of carbonyl (C=O) groups is 1. The summed E-state index contributed by atoms with van der Waals surface area (Å²) in [6.45, 7) is 1.85. The van der Waals surface area contributed by atoms with Crippen LogP contribution in [-0.4, -0.2) is 49.3 Å². The molecule has 0 bridgehead atoms. The van der Waals surface area contributed by atoms with E-state index in [0.717, 1.165) is 12.0 Å². The van der Waals surface area contributed by atoms with Crippen molar-refractivity contribution in [1.29, 1.82) is 0 Å². The molecule has 0 saturated carbocycles. The van der Waals surface area contributed by atoms with Crippen LogP contribution in [0.15, 0.2) is 24.3 Å². The van der Waals surface area contributed by atoms with Gasteiger partial charge >= 0.3 is 0 Å². The first-order valence-corrected chi connectivity index (χ1v) is 7.68. The van der Waals surface area contributed by atoms with E-state index >= 15 is 0 Å². The summed E-state index contributed by atoms with van der Waals surface area (Å²) < 4.78 is 24.7. The molecule has 0 aliphatic carbocycles. The van der Waals surface area contributed by atoms with Crippen molar-refractivity contribution in [1.82, 2.24) is 4.90 Å². The zero-order valence-electron chi connectivity index (χ0n) is 12.4. The summed E-state index contributed by atoms with van der Waals surface area (Å²) in [5.41, 5.74) is 6.34. The highest BCUT2D eigenvalue weighted by Crippen LogP contribution is 2.26. The third-order valence-electron chi connectivity index (χ3n) is 4.24. The van der Waals surface area contributed by atoms with Gasteiger partial charge < -0.3 is 20.1 Å². The van der Waals surface area contributed by atoms with Crippen LogP contribution in [0.1, 0.15) is 24.5 Å². The van der Waals surface area contributed by atoms with Gasteiger partial charge in [0.05, 0.1) is 19.3 Å². The molecule has 3 atom stereocenters. The standard InChI is InChI=1S/C16H21FN2O3/c17-12-3-1-2-11(8-12)15-10-19(6-7-21-15)16(20)14-5-4-13(9-18)22-14/h1-3,8,13-15H,4-7,9-10,18H2/t13-,14+,15?/m1/s1. The summed E-state index contributed by atoms with van der Waals surface area (Å²) in [5.74, 6) is -0.310. The molecule has 22 heavy (non-hydrogen) atoms. The molecular formula is C16H21FN2O3. The highest BCUT2D eigenvalue weighted by atomic mass is 19.1. The predicted molar refractivity (Wildman–Crippen MR) is 78.6 cm³/mol. The molecule has 0 aromatic heterocycles. The first kappa shape index (κ1) is 15.4. The van der Waals surface area contributed by atoms with Crippen LogP contribution in [0.25, 0.3) is 0 Å². The van der Waals surface area contributed by atoms with Gasteiger partial charge in [0.2, 0.25) is 0 Å². The molecule has 2 fully saturated rings. The quantitative estimate of drug-likeness (QED) is 0.912. The molecular weight excluding hydrogens is 287 g/mol. The predicted octanol–water partition coefficient (Wildman–Crippen LogP) is 1.23. The van der Waals surface area contributed by atoms with Crippen LogP contribution in [0.2, 0.25) is 0 Å². The van der Waals surface area contributed by atoms with E-state index in [1.165, 1.54) is 12.1 Å². The zero-order valence-corrected chi connectivity index (χ0v) is 12.4. The summed E-state index contributed by atoms with van der Waals surface area (Å²) in [4.78, 5) is 14.3.